The lowest BCUT2D eigenvalue weighted by Gasteiger charge is -2.19. The smallest absolute Gasteiger partial charge is 0.338 e. The summed E-state index contributed by atoms with van der Waals surface area (Å²) in [5.41, 5.74) is 0.882. The van der Waals surface area contributed by atoms with Crippen molar-refractivity contribution in [2.75, 3.05) is 0 Å². The van der Waals surface area contributed by atoms with E-state index in [4.69, 9.17) is 9.84 Å². The zero-order chi connectivity index (χ0) is 14.6. The molecule has 1 aromatic carbocycles. The fraction of sp³-hybridized carbons (Fsp3) is 0.333. The number of carboxylic acid groups (broad SMARTS) is 1. The van der Waals surface area contributed by atoms with E-state index in [1.54, 1.807) is 51.1 Å². The van der Waals surface area contributed by atoms with E-state index in [0.29, 0.717) is 5.56 Å². The van der Waals surface area contributed by atoms with Crippen molar-refractivity contribution in [3.63, 3.8) is 0 Å². The van der Waals surface area contributed by atoms with Gasteiger partial charge in [0.1, 0.15) is 5.60 Å². The molecule has 102 valence electrons. The first-order valence-electron chi connectivity index (χ1n) is 5.94. The highest BCUT2D eigenvalue weighted by Crippen LogP contribution is 2.14. The molecule has 0 unspecified atom stereocenters. The number of carbonyl (C=O) groups is 2. The molecule has 1 rings (SSSR count). The number of benzene rings is 1. The minimum Gasteiger partial charge on any atom is -0.478 e. The molecular weight excluding hydrogens is 244 g/mol. The van der Waals surface area contributed by atoms with Crippen LogP contribution in [0.3, 0.4) is 0 Å². The molecule has 0 saturated heterocycles. The number of hydrogen-bond donors (Lipinski definition) is 1. The van der Waals surface area contributed by atoms with Crippen molar-refractivity contribution in [2.24, 2.45) is 0 Å². The zero-order valence-electron chi connectivity index (χ0n) is 11.6. The van der Waals surface area contributed by atoms with Crippen LogP contribution in [0, 0.1) is 0 Å². The van der Waals surface area contributed by atoms with Gasteiger partial charge < -0.3 is 9.84 Å². The van der Waals surface area contributed by atoms with Crippen molar-refractivity contribution in [2.45, 2.75) is 33.3 Å². The quantitative estimate of drug-likeness (QED) is 0.671. The van der Waals surface area contributed by atoms with Crippen LogP contribution in [0.1, 0.15) is 43.6 Å². The van der Waals surface area contributed by atoms with Crippen LogP contribution in [-0.4, -0.2) is 22.6 Å². The number of carbonyl (C=O) groups excluding carboxylic acids is 1. The highest BCUT2D eigenvalue weighted by molar-refractivity contribution is 5.92. The summed E-state index contributed by atoms with van der Waals surface area (Å²) in [7, 11) is 0. The monoisotopic (exact) mass is 262 g/mol. The molecule has 0 aliphatic rings. The van der Waals surface area contributed by atoms with E-state index in [2.05, 4.69) is 0 Å². The van der Waals surface area contributed by atoms with Crippen LogP contribution >= 0.6 is 0 Å². The van der Waals surface area contributed by atoms with Gasteiger partial charge in [-0.25, -0.2) is 9.59 Å². The minimum absolute atomic E-state index is 0.241. The highest BCUT2D eigenvalue weighted by Gasteiger charge is 2.17. The maximum absolute atomic E-state index is 11.8. The van der Waals surface area contributed by atoms with Crippen molar-refractivity contribution in [1.82, 2.24) is 0 Å². The normalized spacial score (nSPS) is 12.1. The molecule has 0 amide bonds. The van der Waals surface area contributed by atoms with Crippen LogP contribution in [0.25, 0.3) is 6.08 Å². The molecule has 4 nitrogen and oxygen atoms in total. The second kappa shape index (κ2) is 5.69. The number of carboxylic acids is 1. The maximum Gasteiger partial charge on any atom is 0.338 e. The molecule has 4 heteroatoms. The molecule has 0 aliphatic heterocycles. The average molecular weight is 262 g/mol. The number of rotatable bonds is 3. The second-order valence-corrected chi connectivity index (χ2v) is 5.26. The summed E-state index contributed by atoms with van der Waals surface area (Å²) < 4.78 is 5.23. The standard InChI is InChI=1S/C15H18O4/c1-10(13(16)17)9-11-5-7-12(8-6-11)14(18)19-15(2,3)4/h5-9H,1-4H3,(H,16,17). The summed E-state index contributed by atoms with van der Waals surface area (Å²) in [6.45, 7) is 6.93. The van der Waals surface area contributed by atoms with Gasteiger partial charge in [-0.1, -0.05) is 12.1 Å². The third-order valence-corrected chi connectivity index (χ3v) is 2.27. The van der Waals surface area contributed by atoms with Gasteiger partial charge in [0.25, 0.3) is 0 Å². The molecule has 0 spiro atoms. The van der Waals surface area contributed by atoms with Gasteiger partial charge in [0.05, 0.1) is 5.56 Å². The Morgan fingerprint density at radius 3 is 2.11 bits per heavy atom. The third kappa shape index (κ3) is 4.95. The lowest BCUT2D eigenvalue weighted by molar-refractivity contribution is -0.132. The van der Waals surface area contributed by atoms with Gasteiger partial charge in [-0.05, 0) is 51.5 Å². The Morgan fingerprint density at radius 1 is 1.16 bits per heavy atom. The highest BCUT2D eigenvalue weighted by atomic mass is 16.6. The van der Waals surface area contributed by atoms with Crippen LogP contribution in [0.15, 0.2) is 29.8 Å². The molecule has 0 aromatic heterocycles. The van der Waals surface area contributed by atoms with Crippen LogP contribution in [0.4, 0.5) is 0 Å². The lowest BCUT2D eigenvalue weighted by atomic mass is 10.1. The molecule has 0 bridgehead atoms. The van der Waals surface area contributed by atoms with Crippen LogP contribution < -0.4 is 0 Å². The van der Waals surface area contributed by atoms with Crippen molar-refractivity contribution in [3.8, 4) is 0 Å². The van der Waals surface area contributed by atoms with E-state index in [9.17, 15) is 9.59 Å². The van der Waals surface area contributed by atoms with E-state index in [0.717, 1.165) is 5.56 Å². The van der Waals surface area contributed by atoms with Gasteiger partial charge in [-0.3, -0.25) is 0 Å². The Hall–Kier alpha value is -2.10. The largest absolute Gasteiger partial charge is 0.478 e. The average Bonchev–Trinajstić information content (AvgIpc) is 2.27. The molecular formula is C15H18O4. The Morgan fingerprint density at radius 2 is 1.68 bits per heavy atom. The number of esters is 1. The van der Waals surface area contributed by atoms with Gasteiger partial charge in [-0.2, -0.15) is 0 Å². The summed E-state index contributed by atoms with van der Waals surface area (Å²) in [6.07, 6.45) is 1.54. The fourth-order valence-corrected chi connectivity index (χ4v) is 1.36. The van der Waals surface area contributed by atoms with Crippen molar-refractivity contribution < 1.29 is 19.4 Å². The molecule has 0 heterocycles. The van der Waals surface area contributed by atoms with E-state index < -0.39 is 17.5 Å². The number of aliphatic carboxylic acids is 1. The van der Waals surface area contributed by atoms with Crippen LogP contribution in [0.5, 0.6) is 0 Å². The molecule has 19 heavy (non-hydrogen) atoms. The van der Waals surface area contributed by atoms with Gasteiger partial charge in [0.2, 0.25) is 0 Å². The van der Waals surface area contributed by atoms with Gasteiger partial charge >= 0.3 is 11.9 Å². The Bertz CT molecular complexity index is 504. The van der Waals surface area contributed by atoms with E-state index >= 15 is 0 Å². The Balaban J connectivity index is 2.85. The summed E-state index contributed by atoms with van der Waals surface area (Å²) in [5, 5.41) is 8.77. The first-order chi connectivity index (χ1) is 8.69. The van der Waals surface area contributed by atoms with E-state index in [1.807, 2.05) is 0 Å². The first kappa shape index (κ1) is 15.0. The summed E-state index contributed by atoms with van der Waals surface area (Å²) >= 11 is 0. The molecule has 0 atom stereocenters. The predicted octanol–water partition coefficient (Wildman–Crippen LogP) is 3.13. The SMILES string of the molecule is CC(=Cc1ccc(C(=O)OC(C)(C)C)cc1)C(=O)O. The van der Waals surface area contributed by atoms with E-state index in [1.165, 1.54) is 6.92 Å². The lowest BCUT2D eigenvalue weighted by Crippen LogP contribution is -2.23. The van der Waals surface area contributed by atoms with Gasteiger partial charge in [-0.15, -0.1) is 0 Å². The first-order valence-corrected chi connectivity index (χ1v) is 5.94. The van der Waals surface area contributed by atoms with Crippen molar-refractivity contribution >= 4 is 18.0 Å². The fourth-order valence-electron chi connectivity index (χ4n) is 1.36. The molecule has 1 N–H and O–H groups in total. The number of ether oxygens (including phenoxy) is 1. The Kier molecular flexibility index (Phi) is 4.48. The van der Waals surface area contributed by atoms with E-state index in [-0.39, 0.29) is 5.57 Å². The number of hydrogen-bond acceptors (Lipinski definition) is 3. The molecule has 0 radical (unpaired) electrons. The molecule has 0 saturated carbocycles. The zero-order valence-corrected chi connectivity index (χ0v) is 11.6. The molecule has 0 aliphatic carbocycles. The van der Waals surface area contributed by atoms with Crippen molar-refractivity contribution in [1.29, 1.82) is 0 Å². The topological polar surface area (TPSA) is 63.6 Å². The third-order valence-electron chi connectivity index (χ3n) is 2.27. The maximum atomic E-state index is 11.8. The Labute approximate surface area is 112 Å². The van der Waals surface area contributed by atoms with Gasteiger partial charge in [0.15, 0.2) is 0 Å². The van der Waals surface area contributed by atoms with Gasteiger partial charge in [0, 0.05) is 5.57 Å². The predicted molar refractivity (Wildman–Crippen MR) is 72.9 cm³/mol. The summed E-state index contributed by atoms with van der Waals surface area (Å²) in [4.78, 5) is 22.5. The molecule has 0 fully saturated rings. The van der Waals surface area contributed by atoms with Crippen LogP contribution in [0.2, 0.25) is 0 Å². The van der Waals surface area contributed by atoms with Crippen LogP contribution in [-0.2, 0) is 9.53 Å². The summed E-state index contributed by atoms with van der Waals surface area (Å²) in [6, 6.07) is 6.61. The molecule has 1 aromatic rings. The minimum atomic E-state index is -0.962. The van der Waals surface area contributed by atoms with Crippen molar-refractivity contribution in [3.05, 3.63) is 41.0 Å². The second-order valence-electron chi connectivity index (χ2n) is 5.26. The summed E-state index contributed by atoms with van der Waals surface area (Å²) in [5.74, 6) is -1.35.